The summed E-state index contributed by atoms with van der Waals surface area (Å²) in [5.41, 5.74) is 1.34. The third-order valence-electron chi connectivity index (χ3n) is 4.14. The minimum atomic E-state index is 0.327. The first kappa shape index (κ1) is 14.6. The van der Waals surface area contributed by atoms with Crippen LogP contribution in [0.25, 0.3) is 0 Å². The first-order valence-corrected chi connectivity index (χ1v) is 9.11. The summed E-state index contributed by atoms with van der Waals surface area (Å²) in [4.78, 5) is 0. The highest BCUT2D eigenvalue weighted by atomic mass is 35.5. The molecule has 0 spiro atoms. The Kier molecular flexibility index (Phi) is 5.14. The number of nitrogens with one attached hydrogen (secondary N) is 1. The van der Waals surface area contributed by atoms with Crippen molar-refractivity contribution in [1.82, 2.24) is 5.32 Å². The Morgan fingerprint density at radius 2 is 2.20 bits per heavy atom. The Morgan fingerprint density at radius 1 is 1.25 bits per heavy atom. The fourth-order valence-corrected chi connectivity index (χ4v) is 4.26. The summed E-state index contributed by atoms with van der Waals surface area (Å²) in [5, 5.41) is 4.22. The molecule has 2 nitrogen and oxygen atoms in total. The molecule has 1 aromatic rings. The maximum Gasteiger partial charge on any atom is 0.138 e. The number of piperidine rings is 1. The van der Waals surface area contributed by atoms with Crippen LogP contribution in [0.3, 0.4) is 0 Å². The zero-order valence-electron chi connectivity index (χ0n) is 11.7. The average molecular weight is 312 g/mol. The Bertz CT molecular complexity index is 442. The molecule has 2 heterocycles. The third kappa shape index (κ3) is 3.63. The van der Waals surface area contributed by atoms with Crippen LogP contribution in [0.1, 0.15) is 37.2 Å². The van der Waals surface area contributed by atoms with Crippen LogP contribution >= 0.6 is 23.4 Å². The number of hydrogen-bond donors (Lipinski definition) is 1. The molecule has 0 saturated carbocycles. The van der Waals surface area contributed by atoms with Crippen LogP contribution < -0.4 is 10.1 Å². The molecule has 4 heteroatoms. The number of hydrogen-bond acceptors (Lipinski definition) is 3. The molecule has 0 aromatic heterocycles. The van der Waals surface area contributed by atoms with Crippen LogP contribution in [-0.2, 0) is 0 Å². The summed E-state index contributed by atoms with van der Waals surface area (Å²) >= 11 is 8.39. The summed E-state index contributed by atoms with van der Waals surface area (Å²) < 4.78 is 6.06. The summed E-state index contributed by atoms with van der Waals surface area (Å²) in [6, 6.07) is 6.35. The Labute approximate surface area is 130 Å². The average Bonchev–Trinajstić information content (AvgIpc) is 2.51. The molecular weight excluding hydrogens is 290 g/mol. The van der Waals surface area contributed by atoms with Crippen LogP contribution in [0, 0.1) is 0 Å². The van der Waals surface area contributed by atoms with E-state index < -0.39 is 0 Å². The maximum atomic E-state index is 6.42. The minimum absolute atomic E-state index is 0.327. The number of benzene rings is 1. The summed E-state index contributed by atoms with van der Waals surface area (Å²) in [6.07, 6.45) is 5.23. The molecular formula is C16H22ClNOS. The van der Waals surface area contributed by atoms with Gasteiger partial charge in [-0.05, 0) is 61.6 Å². The smallest absolute Gasteiger partial charge is 0.138 e. The first-order chi connectivity index (χ1) is 9.83. The minimum Gasteiger partial charge on any atom is -0.488 e. The van der Waals surface area contributed by atoms with Gasteiger partial charge in [-0.15, -0.1) is 0 Å². The van der Waals surface area contributed by atoms with Crippen molar-refractivity contribution in [1.29, 1.82) is 0 Å². The highest BCUT2D eigenvalue weighted by molar-refractivity contribution is 7.99. The van der Waals surface area contributed by atoms with Gasteiger partial charge in [0.15, 0.2) is 0 Å². The number of ether oxygens (including phenoxy) is 1. The fraction of sp³-hybridized carbons (Fsp3) is 0.625. The molecule has 2 fully saturated rings. The van der Waals surface area contributed by atoms with Gasteiger partial charge < -0.3 is 10.1 Å². The molecule has 0 aliphatic carbocycles. The van der Waals surface area contributed by atoms with Gasteiger partial charge in [-0.3, -0.25) is 0 Å². The Morgan fingerprint density at radius 3 is 2.90 bits per heavy atom. The zero-order chi connectivity index (χ0) is 13.8. The molecule has 0 amide bonds. The molecule has 110 valence electrons. The van der Waals surface area contributed by atoms with E-state index >= 15 is 0 Å². The lowest BCUT2D eigenvalue weighted by Gasteiger charge is -2.25. The van der Waals surface area contributed by atoms with Crippen LogP contribution in [0.5, 0.6) is 5.75 Å². The van der Waals surface area contributed by atoms with Gasteiger partial charge in [-0.1, -0.05) is 17.7 Å². The summed E-state index contributed by atoms with van der Waals surface area (Å²) in [5.74, 6) is 3.80. The van der Waals surface area contributed by atoms with Gasteiger partial charge in [0.05, 0.1) is 5.02 Å². The second kappa shape index (κ2) is 7.06. The van der Waals surface area contributed by atoms with E-state index in [9.17, 15) is 0 Å². The van der Waals surface area contributed by atoms with Crippen molar-refractivity contribution in [3.63, 3.8) is 0 Å². The predicted molar refractivity (Wildman–Crippen MR) is 87.3 cm³/mol. The van der Waals surface area contributed by atoms with Gasteiger partial charge in [-0.25, -0.2) is 0 Å². The summed E-state index contributed by atoms with van der Waals surface area (Å²) in [6.45, 7) is 2.21. The third-order valence-corrected chi connectivity index (χ3v) is 5.62. The van der Waals surface area contributed by atoms with Crippen molar-refractivity contribution in [3.8, 4) is 5.75 Å². The molecule has 2 aliphatic heterocycles. The fourth-order valence-electron chi connectivity index (χ4n) is 2.99. The topological polar surface area (TPSA) is 21.3 Å². The SMILES string of the molecule is Clc1cc(C2CCCNC2)ccc1OC1CCCSC1. The van der Waals surface area contributed by atoms with Gasteiger partial charge in [-0.2, -0.15) is 11.8 Å². The molecule has 2 aliphatic rings. The highest BCUT2D eigenvalue weighted by Crippen LogP contribution is 2.33. The molecule has 1 aromatic carbocycles. The van der Waals surface area contributed by atoms with E-state index in [-0.39, 0.29) is 0 Å². The monoisotopic (exact) mass is 311 g/mol. The van der Waals surface area contributed by atoms with Crippen molar-refractivity contribution in [3.05, 3.63) is 28.8 Å². The lowest BCUT2D eigenvalue weighted by molar-refractivity contribution is 0.211. The van der Waals surface area contributed by atoms with Crippen molar-refractivity contribution >= 4 is 23.4 Å². The molecule has 3 rings (SSSR count). The lowest BCUT2D eigenvalue weighted by Crippen LogP contribution is -2.28. The van der Waals surface area contributed by atoms with E-state index in [0.29, 0.717) is 12.0 Å². The van der Waals surface area contributed by atoms with Gasteiger partial charge in [0.2, 0.25) is 0 Å². The molecule has 2 saturated heterocycles. The highest BCUT2D eigenvalue weighted by Gasteiger charge is 2.19. The molecule has 0 radical (unpaired) electrons. The van der Waals surface area contributed by atoms with Crippen molar-refractivity contribution in [2.75, 3.05) is 24.6 Å². The number of rotatable bonds is 3. The molecule has 1 N–H and O–H groups in total. The first-order valence-electron chi connectivity index (χ1n) is 7.57. The van der Waals surface area contributed by atoms with E-state index in [0.717, 1.165) is 36.0 Å². The second-order valence-electron chi connectivity index (χ2n) is 5.69. The van der Waals surface area contributed by atoms with Gasteiger partial charge in [0.25, 0.3) is 0 Å². The van der Waals surface area contributed by atoms with Crippen molar-refractivity contribution < 1.29 is 4.74 Å². The van der Waals surface area contributed by atoms with Crippen molar-refractivity contribution in [2.45, 2.75) is 37.7 Å². The maximum absolute atomic E-state index is 6.42. The van der Waals surface area contributed by atoms with Gasteiger partial charge in [0, 0.05) is 12.3 Å². The molecule has 0 bridgehead atoms. The van der Waals surface area contributed by atoms with E-state index in [2.05, 4.69) is 23.5 Å². The van der Waals surface area contributed by atoms with Gasteiger partial charge >= 0.3 is 0 Å². The van der Waals surface area contributed by atoms with Crippen LogP contribution in [0.4, 0.5) is 0 Å². The van der Waals surface area contributed by atoms with Crippen LogP contribution in [0.15, 0.2) is 18.2 Å². The standard InChI is InChI=1S/C16H22ClNOS/c17-15-9-12(13-3-1-7-18-10-13)5-6-16(15)19-14-4-2-8-20-11-14/h5-6,9,13-14,18H,1-4,7-8,10-11H2. The normalized spacial score (nSPS) is 27.2. The predicted octanol–water partition coefficient (Wildman–Crippen LogP) is 4.08. The van der Waals surface area contributed by atoms with E-state index in [1.165, 1.54) is 30.6 Å². The van der Waals surface area contributed by atoms with E-state index in [4.69, 9.17) is 16.3 Å². The van der Waals surface area contributed by atoms with Crippen LogP contribution in [-0.4, -0.2) is 30.7 Å². The largest absolute Gasteiger partial charge is 0.488 e. The lowest BCUT2D eigenvalue weighted by atomic mass is 9.92. The van der Waals surface area contributed by atoms with Crippen LogP contribution in [0.2, 0.25) is 5.02 Å². The molecule has 2 atom stereocenters. The van der Waals surface area contributed by atoms with Gasteiger partial charge in [0.1, 0.15) is 11.9 Å². The zero-order valence-corrected chi connectivity index (χ0v) is 13.3. The number of halogens is 1. The summed E-state index contributed by atoms with van der Waals surface area (Å²) in [7, 11) is 0. The Balaban J connectivity index is 1.66. The van der Waals surface area contributed by atoms with E-state index in [1.807, 2.05) is 11.8 Å². The Hall–Kier alpha value is -0.380. The quantitative estimate of drug-likeness (QED) is 0.909. The molecule has 20 heavy (non-hydrogen) atoms. The second-order valence-corrected chi connectivity index (χ2v) is 7.25. The molecule has 2 unspecified atom stereocenters. The number of thioether (sulfide) groups is 1. The van der Waals surface area contributed by atoms with Crippen molar-refractivity contribution in [2.24, 2.45) is 0 Å². The van der Waals surface area contributed by atoms with E-state index in [1.54, 1.807) is 0 Å².